The van der Waals surface area contributed by atoms with Crippen LogP contribution in [0.15, 0.2) is 42.5 Å². The fraction of sp³-hybridized carbons (Fsp3) is 0.176. The van der Waals surface area contributed by atoms with E-state index in [1.165, 1.54) is 19.1 Å². The largest absolute Gasteiger partial charge is 0.384 e. The van der Waals surface area contributed by atoms with Gasteiger partial charge in [0, 0.05) is 37.0 Å². The van der Waals surface area contributed by atoms with Crippen molar-refractivity contribution in [2.24, 2.45) is 5.73 Å². The molecular weight excluding hydrogens is 324 g/mol. The standard InChI is InChI=1S/C17H18N4O4/c1-11(22)20-13-4-2-12(3-5-13)8-9-19-16-7-6-14(21(24)25)10-15(16)17(18)23/h2-7,10,19H,8-9H2,1H3,(H2,18,23)(H,20,22). The lowest BCUT2D eigenvalue weighted by molar-refractivity contribution is -0.384. The molecule has 0 aliphatic heterocycles. The monoisotopic (exact) mass is 342 g/mol. The van der Waals surface area contributed by atoms with Crippen molar-refractivity contribution in [1.29, 1.82) is 0 Å². The zero-order valence-corrected chi connectivity index (χ0v) is 13.6. The first-order valence-electron chi connectivity index (χ1n) is 7.55. The van der Waals surface area contributed by atoms with E-state index in [-0.39, 0.29) is 17.2 Å². The lowest BCUT2D eigenvalue weighted by Crippen LogP contribution is -2.16. The van der Waals surface area contributed by atoms with Gasteiger partial charge in [-0.1, -0.05) is 12.1 Å². The van der Waals surface area contributed by atoms with Crippen molar-refractivity contribution in [1.82, 2.24) is 0 Å². The molecule has 2 aromatic rings. The Bertz CT molecular complexity index is 803. The highest BCUT2D eigenvalue weighted by atomic mass is 16.6. The van der Waals surface area contributed by atoms with Crippen molar-refractivity contribution in [2.45, 2.75) is 13.3 Å². The molecule has 2 amide bonds. The number of anilines is 2. The molecule has 0 aliphatic rings. The average molecular weight is 342 g/mol. The molecule has 0 spiro atoms. The summed E-state index contributed by atoms with van der Waals surface area (Å²) >= 11 is 0. The second kappa shape index (κ2) is 7.91. The topological polar surface area (TPSA) is 127 Å². The van der Waals surface area contributed by atoms with E-state index in [9.17, 15) is 19.7 Å². The predicted octanol–water partition coefficient (Wildman–Crippen LogP) is 2.31. The zero-order chi connectivity index (χ0) is 18.4. The van der Waals surface area contributed by atoms with Crippen LogP contribution in [0.25, 0.3) is 0 Å². The molecule has 0 heterocycles. The molecule has 0 unspecified atom stereocenters. The number of non-ortho nitro benzene ring substituents is 1. The number of rotatable bonds is 7. The molecule has 0 aromatic heterocycles. The van der Waals surface area contributed by atoms with Crippen LogP contribution < -0.4 is 16.4 Å². The van der Waals surface area contributed by atoms with Gasteiger partial charge in [0.1, 0.15) is 0 Å². The molecule has 0 atom stereocenters. The SMILES string of the molecule is CC(=O)Nc1ccc(CCNc2ccc([N+](=O)[O-])cc2C(N)=O)cc1. The highest BCUT2D eigenvalue weighted by molar-refractivity contribution is 5.99. The zero-order valence-electron chi connectivity index (χ0n) is 13.6. The molecule has 4 N–H and O–H groups in total. The maximum atomic E-state index is 11.5. The van der Waals surface area contributed by atoms with E-state index in [4.69, 9.17) is 5.73 Å². The van der Waals surface area contributed by atoms with Gasteiger partial charge in [-0.3, -0.25) is 19.7 Å². The van der Waals surface area contributed by atoms with Crippen molar-refractivity contribution < 1.29 is 14.5 Å². The maximum absolute atomic E-state index is 11.5. The van der Waals surface area contributed by atoms with Gasteiger partial charge in [-0.15, -0.1) is 0 Å². The van der Waals surface area contributed by atoms with E-state index in [1.807, 2.05) is 12.1 Å². The first kappa shape index (κ1) is 17.9. The van der Waals surface area contributed by atoms with Crippen LogP contribution in [0.4, 0.5) is 17.1 Å². The number of hydrogen-bond donors (Lipinski definition) is 3. The van der Waals surface area contributed by atoms with Gasteiger partial charge in [0.15, 0.2) is 0 Å². The van der Waals surface area contributed by atoms with Gasteiger partial charge in [0.2, 0.25) is 5.91 Å². The minimum absolute atomic E-state index is 0.0789. The fourth-order valence-corrected chi connectivity index (χ4v) is 2.30. The Morgan fingerprint density at radius 1 is 1.16 bits per heavy atom. The molecule has 0 bridgehead atoms. The van der Waals surface area contributed by atoms with Gasteiger partial charge >= 0.3 is 0 Å². The van der Waals surface area contributed by atoms with Crippen molar-refractivity contribution in [3.8, 4) is 0 Å². The Labute approximate surface area is 144 Å². The number of nitrogens with two attached hydrogens (primary N) is 1. The lowest BCUT2D eigenvalue weighted by Gasteiger charge is -2.10. The van der Waals surface area contributed by atoms with Crippen LogP contribution in [0.2, 0.25) is 0 Å². The number of nitro benzene ring substituents is 1. The minimum Gasteiger partial charge on any atom is -0.384 e. The molecular formula is C17H18N4O4. The van der Waals surface area contributed by atoms with Crippen LogP contribution in [-0.4, -0.2) is 23.3 Å². The van der Waals surface area contributed by atoms with Gasteiger partial charge in [0.25, 0.3) is 11.6 Å². The second-order valence-corrected chi connectivity index (χ2v) is 5.41. The number of hydrogen-bond acceptors (Lipinski definition) is 5. The number of nitrogens with one attached hydrogen (secondary N) is 2. The van der Waals surface area contributed by atoms with E-state index in [1.54, 1.807) is 12.1 Å². The number of amides is 2. The molecule has 8 nitrogen and oxygen atoms in total. The summed E-state index contributed by atoms with van der Waals surface area (Å²) in [5, 5.41) is 16.5. The number of benzene rings is 2. The third-order valence-electron chi connectivity index (χ3n) is 3.48. The highest BCUT2D eigenvalue weighted by Crippen LogP contribution is 2.22. The first-order valence-corrected chi connectivity index (χ1v) is 7.55. The van der Waals surface area contributed by atoms with E-state index >= 15 is 0 Å². The summed E-state index contributed by atoms with van der Waals surface area (Å²) in [5.74, 6) is -0.863. The summed E-state index contributed by atoms with van der Waals surface area (Å²) < 4.78 is 0. The smallest absolute Gasteiger partial charge is 0.270 e. The number of primary amides is 1. The molecule has 2 aromatic carbocycles. The molecule has 0 saturated heterocycles. The maximum Gasteiger partial charge on any atom is 0.270 e. The van der Waals surface area contributed by atoms with E-state index in [0.29, 0.717) is 18.7 Å². The Kier molecular flexibility index (Phi) is 5.67. The lowest BCUT2D eigenvalue weighted by atomic mass is 10.1. The van der Waals surface area contributed by atoms with Crippen LogP contribution >= 0.6 is 0 Å². The second-order valence-electron chi connectivity index (χ2n) is 5.41. The third-order valence-corrected chi connectivity index (χ3v) is 3.48. The van der Waals surface area contributed by atoms with E-state index in [0.717, 1.165) is 17.3 Å². The van der Waals surface area contributed by atoms with Crippen molar-refractivity contribution in [3.05, 3.63) is 63.7 Å². The Morgan fingerprint density at radius 3 is 2.40 bits per heavy atom. The van der Waals surface area contributed by atoms with Crippen LogP contribution in [0.5, 0.6) is 0 Å². The molecule has 0 fully saturated rings. The summed E-state index contributed by atoms with van der Waals surface area (Å²) in [6.07, 6.45) is 0.662. The molecule has 0 radical (unpaired) electrons. The predicted molar refractivity (Wildman–Crippen MR) is 94.6 cm³/mol. The molecule has 130 valence electrons. The normalized spacial score (nSPS) is 10.1. The highest BCUT2D eigenvalue weighted by Gasteiger charge is 2.14. The Morgan fingerprint density at radius 2 is 1.84 bits per heavy atom. The Balaban J connectivity index is 2.00. The summed E-state index contributed by atoms with van der Waals surface area (Å²) in [6.45, 7) is 1.95. The number of nitro groups is 1. The van der Waals surface area contributed by atoms with Crippen LogP contribution in [-0.2, 0) is 11.2 Å². The van der Waals surface area contributed by atoms with Crippen molar-refractivity contribution in [2.75, 3.05) is 17.2 Å². The molecule has 25 heavy (non-hydrogen) atoms. The molecule has 0 aliphatic carbocycles. The van der Waals surface area contributed by atoms with Crippen LogP contribution in [0.1, 0.15) is 22.8 Å². The fourth-order valence-electron chi connectivity index (χ4n) is 2.30. The van der Waals surface area contributed by atoms with Gasteiger partial charge in [-0.25, -0.2) is 0 Å². The van der Waals surface area contributed by atoms with Gasteiger partial charge in [-0.05, 0) is 30.2 Å². The summed E-state index contributed by atoms with van der Waals surface area (Å²) in [7, 11) is 0. The molecule has 2 rings (SSSR count). The summed E-state index contributed by atoms with van der Waals surface area (Å²) in [5.41, 5.74) is 7.38. The van der Waals surface area contributed by atoms with E-state index < -0.39 is 10.8 Å². The van der Waals surface area contributed by atoms with E-state index in [2.05, 4.69) is 10.6 Å². The summed E-state index contributed by atoms with van der Waals surface area (Å²) in [6, 6.07) is 11.3. The van der Waals surface area contributed by atoms with Gasteiger partial charge < -0.3 is 16.4 Å². The van der Waals surface area contributed by atoms with Crippen LogP contribution in [0, 0.1) is 10.1 Å². The quantitative estimate of drug-likeness (QED) is 0.525. The number of carbonyl (C=O) groups excluding carboxylic acids is 2. The number of carbonyl (C=O) groups is 2. The Hall–Kier alpha value is -3.42. The minimum atomic E-state index is -0.731. The third kappa shape index (κ3) is 5.03. The molecule has 8 heteroatoms. The van der Waals surface area contributed by atoms with Crippen LogP contribution in [0.3, 0.4) is 0 Å². The van der Waals surface area contributed by atoms with Gasteiger partial charge in [-0.2, -0.15) is 0 Å². The summed E-state index contributed by atoms with van der Waals surface area (Å²) in [4.78, 5) is 32.7. The first-order chi connectivity index (χ1) is 11.9. The average Bonchev–Trinajstić information content (AvgIpc) is 2.55. The van der Waals surface area contributed by atoms with Crippen molar-refractivity contribution >= 4 is 28.9 Å². The van der Waals surface area contributed by atoms with Gasteiger partial charge in [0.05, 0.1) is 10.5 Å². The molecule has 0 saturated carbocycles. The van der Waals surface area contributed by atoms with Crippen molar-refractivity contribution in [3.63, 3.8) is 0 Å². The number of nitrogens with zero attached hydrogens (tertiary/aromatic N) is 1.